The van der Waals surface area contributed by atoms with Crippen LogP contribution in [0.5, 0.6) is 0 Å². The van der Waals surface area contributed by atoms with Crippen LogP contribution in [0.25, 0.3) is 0 Å². The van der Waals surface area contributed by atoms with E-state index in [0.29, 0.717) is 5.92 Å². The Balaban J connectivity index is 2.67. The van der Waals surface area contributed by atoms with Gasteiger partial charge in [-0.3, -0.25) is 4.79 Å². The Morgan fingerprint density at radius 3 is 2.25 bits per heavy atom. The average Bonchev–Trinajstić information content (AvgIpc) is 2.43. The molecule has 0 aliphatic heterocycles. The van der Waals surface area contributed by atoms with Gasteiger partial charge in [0.25, 0.3) is 0 Å². The number of benzene rings is 1. The monoisotopic (exact) mass is 277 g/mol. The molecular formula is C17H27NO2. The summed E-state index contributed by atoms with van der Waals surface area (Å²) in [6.07, 6.45) is 1.80. The van der Waals surface area contributed by atoms with Gasteiger partial charge in [0.2, 0.25) is 5.91 Å². The van der Waals surface area contributed by atoms with Crippen LogP contribution in [-0.4, -0.2) is 23.7 Å². The summed E-state index contributed by atoms with van der Waals surface area (Å²) in [7, 11) is 0. The van der Waals surface area contributed by atoms with Gasteiger partial charge >= 0.3 is 0 Å². The predicted octanol–water partition coefficient (Wildman–Crippen LogP) is 2.88. The Morgan fingerprint density at radius 2 is 1.80 bits per heavy atom. The molecule has 0 heterocycles. The van der Waals surface area contributed by atoms with Crippen molar-refractivity contribution in [2.45, 2.75) is 52.5 Å². The first-order valence-electron chi connectivity index (χ1n) is 7.48. The molecule has 1 amide bonds. The van der Waals surface area contributed by atoms with E-state index in [1.54, 1.807) is 0 Å². The molecule has 0 fully saturated rings. The Hall–Kier alpha value is -1.35. The van der Waals surface area contributed by atoms with Gasteiger partial charge in [-0.1, -0.05) is 45.0 Å². The summed E-state index contributed by atoms with van der Waals surface area (Å²) in [5.74, 6) is 0.419. The smallest absolute Gasteiger partial charge is 0.227 e. The topological polar surface area (TPSA) is 49.3 Å². The van der Waals surface area contributed by atoms with Crippen LogP contribution in [-0.2, 0) is 11.2 Å². The van der Waals surface area contributed by atoms with Crippen molar-refractivity contribution in [3.8, 4) is 0 Å². The highest BCUT2D eigenvalue weighted by atomic mass is 16.3. The highest BCUT2D eigenvalue weighted by Gasteiger charge is 2.17. The van der Waals surface area contributed by atoms with E-state index in [2.05, 4.69) is 31.3 Å². The molecule has 2 atom stereocenters. The van der Waals surface area contributed by atoms with E-state index in [1.807, 2.05) is 26.0 Å². The van der Waals surface area contributed by atoms with Gasteiger partial charge in [0.05, 0.1) is 18.6 Å². The molecule has 0 saturated carbocycles. The lowest BCUT2D eigenvalue weighted by molar-refractivity contribution is -0.123. The van der Waals surface area contributed by atoms with Gasteiger partial charge in [0.1, 0.15) is 0 Å². The minimum atomic E-state index is -0.191. The van der Waals surface area contributed by atoms with Gasteiger partial charge in [-0.25, -0.2) is 0 Å². The molecule has 0 saturated heterocycles. The molecule has 112 valence electrons. The van der Waals surface area contributed by atoms with Crippen molar-refractivity contribution in [3.63, 3.8) is 0 Å². The maximum Gasteiger partial charge on any atom is 0.227 e. The van der Waals surface area contributed by atoms with Crippen LogP contribution in [0, 0.1) is 5.92 Å². The summed E-state index contributed by atoms with van der Waals surface area (Å²) in [6.45, 7) is 8.24. The van der Waals surface area contributed by atoms with Gasteiger partial charge in [-0.2, -0.15) is 0 Å². The number of carbonyl (C=O) groups excluding carboxylic acids is 1. The number of rotatable bonds is 7. The molecule has 0 spiro atoms. The molecule has 1 rings (SSSR count). The quantitative estimate of drug-likeness (QED) is 0.805. The van der Waals surface area contributed by atoms with Crippen molar-refractivity contribution in [2.24, 2.45) is 5.92 Å². The van der Waals surface area contributed by atoms with Gasteiger partial charge in [0, 0.05) is 0 Å². The molecule has 0 aliphatic rings. The van der Waals surface area contributed by atoms with Crippen LogP contribution >= 0.6 is 0 Å². The van der Waals surface area contributed by atoms with Crippen molar-refractivity contribution in [1.29, 1.82) is 0 Å². The number of amides is 1. The molecule has 0 radical (unpaired) electrons. The van der Waals surface area contributed by atoms with Crippen LogP contribution in [0.4, 0.5) is 0 Å². The summed E-state index contributed by atoms with van der Waals surface area (Å²) in [4.78, 5) is 12.1. The SMILES string of the molecule is CC[C@H](CO)NC(=O)[C@@H](C)c1ccc(CC(C)C)cc1. The maximum atomic E-state index is 12.1. The first kappa shape index (κ1) is 16.7. The van der Waals surface area contributed by atoms with Gasteiger partial charge in [-0.05, 0) is 36.8 Å². The van der Waals surface area contributed by atoms with Crippen LogP contribution in [0.1, 0.15) is 51.2 Å². The molecule has 3 heteroatoms. The number of carbonyl (C=O) groups is 1. The summed E-state index contributed by atoms with van der Waals surface area (Å²) >= 11 is 0. The van der Waals surface area contributed by atoms with Crippen LogP contribution in [0.2, 0.25) is 0 Å². The number of aliphatic hydroxyl groups excluding tert-OH is 1. The van der Waals surface area contributed by atoms with Crippen molar-refractivity contribution in [3.05, 3.63) is 35.4 Å². The van der Waals surface area contributed by atoms with E-state index in [0.717, 1.165) is 18.4 Å². The molecule has 1 aromatic rings. The summed E-state index contributed by atoms with van der Waals surface area (Å²) < 4.78 is 0. The van der Waals surface area contributed by atoms with Crippen LogP contribution in [0.3, 0.4) is 0 Å². The zero-order valence-corrected chi connectivity index (χ0v) is 13.0. The zero-order chi connectivity index (χ0) is 15.1. The molecule has 0 aliphatic carbocycles. The zero-order valence-electron chi connectivity index (χ0n) is 13.0. The van der Waals surface area contributed by atoms with Crippen molar-refractivity contribution in [2.75, 3.05) is 6.61 Å². The van der Waals surface area contributed by atoms with Crippen molar-refractivity contribution < 1.29 is 9.90 Å². The highest BCUT2D eigenvalue weighted by molar-refractivity contribution is 5.83. The molecule has 1 aromatic carbocycles. The van der Waals surface area contributed by atoms with Crippen LogP contribution < -0.4 is 5.32 Å². The third kappa shape index (κ3) is 4.97. The first-order valence-corrected chi connectivity index (χ1v) is 7.48. The van der Waals surface area contributed by atoms with Crippen molar-refractivity contribution >= 4 is 5.91 Å². The fourth-order valence-electron chi connectivity index (χ4n) is 2.17. The highest BCUT2D eigenvalue weighted by Crippen LogP contribution is 2.18. The van der Waals surface area contributed by atoms with Crippen LogP contribution in [0.15, 0.2) is 24.3 Å². The average molecular weight is 277 g/mol. The minimum Gasteiger partial charge on any atom is -0.394 e. The molecule has 2 N–H and O–H groups in total. The van der Waals surface area contributed by atoms with E-state index in [4.69, 9.17) is 5.11 Å². The lowest BCUT2D eigenvalue weighted by Crippen LogP contribution is -2.39. The third-order valence-corrected chi connectivity index (χ3v) is 3.58. The molecule has 0 aromatic heterocycles. The third-order valence-electron chi connectivity index (χ3n) is 3.58. The predicted molar refractivity (Wildman–Crippen MR) is 82.7 cm³/mol. The van der Waals surface area contributed by atoms with Gasteiger partial charge in [0.15, 0.2) is 0 Å². The molecule has 20 heavy (non-hydrogen) atoms. The lowest BCUT2D eigenvalue weighted by atomic mass is 9.96. The normalized spacial score (nSPS) is 14.1. The largest absolute Gasteiger partial charge is 0.394 e. The second-order valence-electron chi connectivity index (χ2n) is 5.86. The first-order chi connectivity index (χ1) is 9.47. The number of aliphatic hydroxyl groups is 1. The minimum absolute atomic E-state index is 0.0116. The number of nitrogens with one attached hydrogen (secondary N) is 1. The summed E-state index contributed by atoms with van der Waals surface area (Å²) in [6, 6.07) is 8.11. The maximum absolute atomic E-state index is 12.1. The second-order valence-corrected chi connectivity index (χ2v) is 5.86. The Kier molecular flexibility index (Phi) is 6.73. The Labute approximate surface area is 122 Å². The molecule has 0 bridgehead atoms. The molecule has 0 unspecified atom stereocenters. The standard InChI is InChI=1S/C17H27NO2/c1-5-16(11-19)18-17(20)13(4)15-8-6-14(7-9-15)10-12(2)3/h6-9,12-13,16,19H,5,10-11H2,1-4H3,(H,18,20)/t13-,16+/m0/s1. The van der Waals surface area contributed by atoms with E-state index in [1.165, 1.54) is 5.56 Å². The summed E-state index contributed by atoms with van der Waals surface area (Å²) in [5, 5.41) is 12.0. The molecular weight excluding hydrogens is 250 g/mol. The molecule has 3 nitrogen and oxygen atoms in total. The summed E-state index contributed by atoms with van der Waals surface area (Å²) in [5.41, 5.74) is 2.32. The Morgan fingerprint density at radius 1 is 1.20 bits per heavy atom. The van der Waals surface area contributed by atoms with E-state index < -0.39 is 0 Å². The number of hydrogen-bond donors (Lipinski definition) is 2. The fraction of sp³-hybridized carbons (Fsp3) is 0.588. The van der Waals surface area contributed by atoms with Crippen molar-refractivity contribution in [1.82, 2.24) is 5.32 Å². The Bertz CT molecular complexity index is 408. The number of hydrogen-bond acceptors (Lipinski definition) is 2. The van der Waals surface area contributed by atoms with Gasteiger partial charge < -0.3 is 10.4 Å². The van der Waals surface area contributed by atoms with E-state index in [-0.39, 0.29) is 24.5 Å². The van der Waals surface area contributed by atoms with E-state index in [9.17, 15) is 4.79 Å². The second kappa shape index (κ2) is 8.05. The van der Waals surface area contributed by atoms with Gasteiger partial charge in [-0.15, -0.1) is 0 Å². The lowest BCUT2D eigenvalue weighted by Gasteiger charge is -2.18. The van der Waals surface area contributed by atoms with E-state index >= 15 is 0 Å². The fourth-order valence-corrected chi connectivity index (χ4v) is 2.17.